The number of carbonyl (C=O) groups is 1. The predicted octanol–water partition coefficient (Wildman–Crippen LogP) is 0.405. The quantitative estimate of drug-likeness (QED) is 0.680. The molecule has 0 aromatic heterocycles. The van der Waals surface area contributed by atoms with E-state index in [4.69, 9.17) is 5.73 Å². The Labute approximate surface area is 130 Å². The normalized spacial score (nSPS) is 15.0. The van der Waals surface area contributed by atoms with Crippen LogP contribution in [-0.2, 0) is 10.0 Å². The zero-order valence-corrected chi connectivity index (χ0v) is 13.0. The van der Waals surface area contributed by atoms with Gasteiger partial charge in [0.2, 0.25) is 15.9 Å². The number of halogens is 1. The van der Waals surface area contributed by atoms with Gasteiger partial charge in [-0.1, -0.05) is 11.6 Å². The topological polar surface area (TPSA) is 101 Å². The number of amides is 1. The third-order valence-electron chi connectivity index (χ3n) is 3.10. The highest BCUT2D eigenvalue weighted by Gasteiger charge is 2.15. The maximum atomic E-state index is 12.1. The minimum atomic E-state index is -3.57. The van der Waals surface area contributed by atoms with Gasteiger partial charge in [0.05, 0.1) is 4.90 Å². The second-order valence-electron chi connectivity index (χ2n) is 4.53. The Balaban J connectivity index is 0.00000220. The molecule has 0 saturated carbocycles. The van der Waals surface area contributed by atoms with E-state index in [1.54, 1.807) is 0 Å². The summed E-state index contributed by atoms with van der Waals surface area (Å²) in [6.45, 7) is 1.94. The van der Waals surface area contributed by atoms with Crippen molar-refractivity contribution in [2.75, 3.05) is 19.6 Å². The van der Waals surface area contributed by atoms with Crippen molar-refractivity contribution in [2.45, 2.75) is 11.3 Å². The molecule has 0 bridgehead atoms. The van der Waals surface area contributed by atoms with E-state index in [0.717, 1.165) is 25.1 Å². The Morgan fingerprint density at radius 3 is 2.48 bits per heavy atom. The van der Waals surface area contributed by atoms with E-state index in [1.807, 2.05) is 6.08 Å². The summed E-state index contributed by atoms with van der Waals surface area (Å²) in [4.78, 5) is 11.1. The second kappa shape index (κ2) is 7.56. The Kier molecular flexibility index (Phi) is 6.35. The van der Waals surface area contributed by atoms with Crippen LogP contribution >= 0.6 is 12.4 Å². The van der Waals surface area contributed by atoms with Gasteiger partial charge in [-0.05, 0) is 37.2 Å². The zero-order chi connectivity index (χ0) is 14.6. The predicted molar refractivity (Wildman–Crippen MR) is 83.0 cm³/mol. The van der Waals surface area contributed by atoms with Crippen molar-refractivity contribution in [3.8, 4) is 0 Å². The summed E-state index contributed by atoms with van der Waals surface area (Å²) in [6, 6.07) is 5.56. The third kappa shape index (κ3) is 4.82. The molecule has 0 spiro atoms. The number of hydrogen-bond donors (Lipinski definition) is 3. The summed E-state index contributed by atoms with van der Waals surface area (Å²) in [5, 5.41) is 3.16. The molecule has 8 heteroatoms. The molecule has 0 fully saturated rings. The maximum Gasteiger partial charge on any atom is 0.248 e. The molecule has 1 aromatic carbocycles. The first-order valence-corrected chi connectivity index (χ1v) is 7.75. The number of rotatable bonds is 5. The lowest BCUT2D eigenvalue weighted by Crippen LogP contribution is -2.29. The number of primary amides is 1. The lowest BCUT2D eigenvalue weighted by atomic mass is 10.1. The van der Waals surface area contributed by atoms with E-state index in [1.165, 1.54) is 24.3 Å². The van der Waals surface area contributed by atoms with Crippen molar-refractivity contribution in [1.82, 2.24) is 10.0 Å². The van der Waals surface area contributed by atoms with Crippen LogP contribution in [-0.4, -0.2) is 34.0 Å². The standard InChI is InChI=1S/C13H17N3O3S.ClH/c14-13(17)11-1-3-12(4-2-11)20(18,19)16-9-10-5-7-15-8-6-10;/h1-5,15-16H,6-9H2,(H2,14,17);1H. The summed E-state index contributed by atoms with van der Waals surface area (Å²) < 4.78 is 26.7. The molecule has 6 nitrogen and oxygen atoms in total. The Morgan fingerprint density at radius 1 is 1.29 bits per heavy atom. The van der Waals surface area contributed by atoms with E-state index < -0.39 is 15.9 Å². The smallest absolute Gasteiger partial charge is 0.248 e. The highest BCUT2D eigenvalue weighted by Crippen LogP contribution is 2.11. The van der Waals surface area contributed by atoms with Crippen LogP contribution in [0.1, 0.15) is 16.8 Å². The lowest BCUT2D eigenvalue weighted by Gasteiger charge is -2.14. The van der Waals surface area contributed by atoms with E-state index in [-0.39, 0.29) is 22.9 Å². The van der Waals surface area contributed by atoms with Gasteiger partial charge >= 0.3 is 0 Å². The summed E-state index contributed by atoms with van der Waals surface area (Å²) in [5.74, 6) is -0.582. The molecule has 1 aliphatic heterocycles. The van der Waals surface area contributed by atoms with E-state index >= 15 is 0 Å². The van der Waals surface area contributed by atoms with Crippen LogP contribution in [0.15, 0.2) is 40.8 Å². The molecule has 0 aliphatic carbocycles. The monoisotopic (exact) mass is 331 g/mol. The van der Waals surface area contributed by atoms with Crippen molar-refractivity contribution >= 4 is 28.3 Å². The summed E-state index contributed by atoms with van der Waals surface area (Å²) in [5.41, 5.74) is 6.46. The molecular weight excluding hydrogens is 314 g/mol. The number of sulfonamides is 1. The Bertz CT molecular complexity index is 627. The summed E-state index contributed by atoms with van der Waals surface area (Å²) >= 11 is 0. The van der Waals surface area contributed by atoms with Crippen LogP contribution in [0.4, 0.5) is 0 Å². The van der Waals surface area contributed by atoms with Crippen molar-refractivity contribution in [3.63, 3.8) is 0 Å². The largest absolute Gasteiger partial charge is 0.366 e. The fourth-order valence-corrected chi connectivity index (χ4v) is 2.94. The molecule has 2 rings (SSSR count). The molecule has 0 saturated heterocycles. The van der Waals surface area contributed by atoms with Gasteiger partial charge in [-0.15, -0.1) is 12.4 Å². The first-order chi connectivity index (χ1) is 9.49. The number of nitrogens with two attached hydrogens (primary N) is 1. The molecule has 0 atom stereocenters. The fourth-order valence-electron chi connectivity index (χ4n) is 1.90. The first-order valence-electron chi connectivity index (χ1n) is 6.27. The third-order valence-corrected chi connectivity index (χ3v) is 4.51. The van der Waals surface area contributed by atoms with Gasteiger partial charge in [-0.2, -0.15) is 0 Å². The minimum absolute atomic E-state index is 0. The van der Waals surface area contributed by atoms with E-state index in [0.29, 0.717) is 6.54 Å². The first kappa shape index (κ1) is 17.6. The molecule has 1 aromatic rings. The second-order valence-corrected chi connectivity index (χ2v) is 6.30. The molecule has 0 unspecified atom stereocenters. The van der Waals surface area contributed by atoms with Crippen LogP contribution in [0.5, 0.6) is 0 Å². The van der Waals surface area contributed by atoms with Crippen LogP contribution in [0.25, 0.3) is 0 Å². The van der Waals surface area contributed by atoms with Crippen LogP contribution in [0.2, 0.25) is 0 Å². The highest BCUT2D eigenvalue weighted by atomic mass is 35.5. The molecule has 4 N–H and O–H groups in total. The average Bonchev–Trinajstić information content (AvgIpc) is 2.46. The average molecular weight is 332 g/mol. The van der Waals surface area contributed by atoms with Crippen molar-refractivity contribution in [1.29, 1.82) is 0 Å². The molecule has 1 heterocycles. The van der Waals surface area contributed by atoms with Gasteiger partial charge in [0.25, 0.3) is 0 Å². The van der Waals surface area contributed by atoms with Crippen LogP contribution < -0.4 is 15.8 Å². The van der Waals surface area contributed by atoms with Gasteiger partial charge < -0.3 is 11.1 Å². The molecule has 21 heavy (non-hydrogen) atoms. The van der Waals surface area contributed by atoms with Gasteiger partial charge in [0.1, 0.15) is 0 Å². The van der Waals surface area contributed by atoms with Gasteiger partial charge in [0, 0.05) is 18.7 Å². The lowest BCUT2D eigenvalue weighted by molar-refractivity contribution is 0.1000. The number of benzene rings is 1. The number of carbonyl (C=O) groups excluding carboxylic acids is 1. The molecule has 0 radical (unpaired) electrons. The maximum absolute atomic E-state index is 12.1. The number of nitrogens with one attached hydrogen (secondary N) is 2. The van der Waals surface area contributed by atoms with Crippen molar-refractivity contribution in [2.24, 2.45) is 5.73 Å². The fraction of sp³-hybridized carbons (Fsp3) is 0.308. The van der Waals surface area contributed by atoms with Crippen LogP contribution in [0.3, 0.4) is 0 Å². The van der Waals surface area contributed by atoms with E-state index in [9.17, 15) is 13.2 Å². The SMILES string of the molecule is Cl.NC(=O)c1ccc(S(=O)(=O)NCC2=CCNCC2)cc1. The van der Waals surface area contributed by atoms with Crippen LogP contribution in [0, 0.1) is 0 Å². The molecular formula is C13H18ClN3O3S. The Hall–Kier alpha value is -1.41. The van der Waals surface area contributed by atoms with Gasteiger partial charge in [-0.3, -0.25) is 4.79 Å². The summed E-state index contributed by atoms with van der Waals surface area (Å²) in [7, 11) is -3.57. The van der Waals surface area contributed by atoms with Crippen molar-refractivity contribution < 1.29 is 13.2 Å². The van der Waals surface area contributed by atoms with Gasteiger partial charge in [-0.25, -0.2) is 13.1 Å². The van der Waals surface area contributed by atoms with E-state index in [2.05, 4.69) is 10.0 Å². The van der Waals surface area contributed by atoms with Crippen molar-refractivity contribution in [3.05, 3.63) is 41.5 Å². The number of hydrogen-bond acceptors (Lipinski definition) is 4. The highest BCUT2D eigenvalue weighted by molar-refractivity contribution is 7.89. The zero-order valence-electron chi connectivity index (χ0n) is 11.3. The Morgan fingerprint density at radius 2 is 1.95 bits per heavy atom. The molecule has 116 valence electrons. The summed E-state index contributed by atoms with van der Waals surface area (Å²) in [6.07, 6.45) is 2.82. The van der Waals surface area contributed by atoms with Gasteiger partial charge in [0.15, 0.2) is 0 Å². The molecule has 1 aliphatic rings. The molecule has 1 amide bonds. The minimum Gasteiger partial charge on any atom is -0.366 e.